The van der Waals surface area contributed by atoms with E-state index in [0.717, 1.165) is 35.6 Å². The second-order valence-corrected chi connectivity index (χ2v) is 10.8. The van der Waals surface area contributed by atoms with Crippen molar-refractivity contribution in [1.82, 2.24) is 9.80 Å². The Morgan fingerprint density at radius 1 is 0.895 bits per heavy atom. The number of carbonyl (C=O) groups is 2. The van der Waals surface area contributed by atoms with Gasteiger partial charge in [0.1, 0.15) is 11.9 Å². The topological polar surface area (TPSA) is 68.6 Å². The third-order valence-corrected chi connectivity index (χ3v) is 8.29. The van der Waals surface area contributed by atoms with Crippen LogP contribution in [0, 0.1) is 0 Å². The predicted octanol–water partition coefficient (Wildman–Crippen LogP) is 4.97. The first-order valence-electron chi connectivity index (χ1n) is 12.6. The number of amidine groups is 2. The summed E-state index contributed by atoms with van der Waals surface area (Å²) in [6, 6.07) is 24.9. The molecule has 1 atom stereocenters. The molecule has 0 spiro atoms. The molecule has 6 rings (SSSR count). The minimum absolute atomic E-state index is 0.0339. The summed E-state index contributed by atoms with van der Waals surface area (Å²) in [5.74, 6) is 0.894. The zero-order valence-corrected chi connectivity index (χ0v) is 22.2. The average Bonchev–Trinajstić information content (AvgIpc) is 3.29. The fourth-order valence-corrected chi connectivity index (χ4v) is 6.11. The van der Waals surface area contributed by atoms with Crippen molar-refractivity contribution in [3.8, 4) is 0 Å². The van der Waals surface area contributed by atoms with Crippen LogP contribution >= 0.6 is 23.4 Å². The smallest absolute Gasteiger partial charge is 0.271 e. The number of fused-ring (bicyclic) bond motifs is 3. The van der Waals surface area contributed by atoms with Gasteiger partial charge in [0, 0.05) is 48.2 Å². The Labute approximate surface area is 230 Å². The normalized spacial score (nSPS) is 18.6. The lowest BCUT2D eigenvalue weighted by Gasteiger charge is -2.37. The van der Waals surface area contributed by atoms with Crippen LogP contribution in [0.25, 0.3) is 0 Å². The SMILES string of the molecule is O=C1N=C2c3ccccc3N=C(SCc3ccc(Cl)cc3)N2C1CC(=O)N1CCN(c2ccccc2)CC1. The summed E-state index contributed by atoms with van der Waals surface area (Å²) in [6.45, 7) is 2.77. The molecule has 0 aromatic heterocycles. The van der Waals surface area contributed by atoms with Crippen LogP contribution in [0.5, 0.6) is 0 Å². The molecule has 38 heavy (non-hydrogen) atoms. The molecule has 0 radical (unpaired) electrons. The largest absolute Gasteiger partial charge is 0.368 e. The number of rotatable bonds is 5. The molecule has 2 amide bonds. The van der Waals surface area contributed by atoms with Crippen molar-refractivity contribution in [2.45, 2.75) is 18.2 Å². The van der Waals surface area contributed by atoms with Crippen molar-refractivity contribution >= 4 is 57.6 Å². The van der Waals surface area contributed by atoms with Crippen LogP contribution in [0.15, 0.2) is 88.8 Å². The van der Waals surface area contributed by atoms with Gasteiger partial charge in [0.05, 0.1) is 12.1 Å². The number of amides is 2. The fourth-order valence-electron chi connectivity index (χ4n) is 4.98. The fraction of sp³-hybridized carbons (Fsp3) is 0.241. The number of piperazine rings is 1. The first-order valence-corrected chi connectivity index (χ1v) is 14.0. The van der Waals surface area contributed by atoms with E-state index in [1.54, 1.807) is 0 Å². The van der Waals surface area contributed by atoms with Crippen LogP contribution in [-0.4, -0.2) is 64.8 Å². The van der Waals surface area contributed by atoms with Gasteiger partial charge >= 0.3 is 0 Å². The lowest BCUT2D eigenvalue weighted by Crippen LogP contribution is -2.51. The van der Waals surface area contributed by atoms with Gasteiger partial charge in [-0.15, -0.1) is 0 Å². The summed E-state index contributed by atoms with van der Waals surface area (Å²) < 4.78 is 0. The summed E-state index contributed by atoms with van der Waals surface area (Å²) in [5, 5.41) is 1.36. The minimum Gasteiger partial charge on any atom is -0.368 e. The molecule has 1 saturated heterocycles. The number of thioether (sulfide) groups is 1. The van der Waals surface area contributed by atoms with E-state index in [4.69, 9.17) is 16.6 Å². The molecule has 1 fully saturated rings. The lowest BCUT2D eigenvalue weighted by atomic mass is 10.1. The van der Waals surface area contributed by atoms with Crippen LogP contribution in [-0.2, 0) is 15.3 Å². The standard InChI is InChI=1S/C29H26ClN5O2S/c30-21-12-10-20(11-13-21)19-38-29-31-24-9-5-4-8-23(24)27-32-28(37)25(35(27)29)18-26(36)34-16-14-33(15-17-34)22-6-2-1-3-7-22/h1-13,25H,14-19H2. The Hall–Kier alpha value is -3.62. The van der Waals surface area contributed by atoms with E-state index >= 15 is 0 Å². The van der Waals surface area contributed by atoms with Crippen molar-refractivity contribution < 1.29 is 9.59 Å². The first kappa shape index (κ1) is 24.7. The number of para-hydroxylation sites is 2. The van der Waals surface area contributed by atoms with E-state index in [0.29, 0.717) is 34.9 Å². The molecule has 192 valence electrons. The van der Waals surface area contributed by atoms with Crippen molar-refractivity contribution in [2.75, 3.05) is 31.1 Å². The van der Waals surface area contributed by atoms with Crippen LogP contribution in [0.1, 0.15) is 17.5 Å². The minimum atomic E-state index is -0.700. The molecule has 7 nitrogen and oxygen atoms in total. The van der Waals surface area contributed by atoms with E-state index in [1.807, 2.05) is 76.5 Å². The highest BCUT2D eigenvalue weighted by Gasteiger charge is 2.43. The number of aliphatic imine (C=N–C) groups is 2. The van der Waals surface area contributed by atoms with Crippen molar-refractivity contribution in [3.05, 3.63) is 95.0 Å². The summed E-state index contributed by atoms with van der Waals surface area (Å²) in [4.78, 5) is 41.9. The maximum absolute atomic E-state index is 13.4. The highest BCUT2D eigenvalue weighted by molar-refractivity contribution is 8.13. The number of carbonyl (C=O) groups excluding carboxylic acids is 2. The van der Waals surface area contributed by atoms with Gasteiger partial charge in [0.25, 0.3) is 5.91 Å². The number of nitrogens with zero attached hydrogens (tertiary/aromatic N) is 5. The van der Waals surface area contributed by atoms with Crippen LogP contribution in [0.4, 0.5) is 11.4 Å². The Bertz CT molecular complexity index is 1420. The van der Waals surface area contributed by atoms with Gasteiger partial charge < -0.3 is 9.80 Å². The molecular weight excluding hydrogens is 518 g/mol. The van der Waals surface area contributed by atoms with Gasteiger partial charge in [-0.05, 0) is 42.0 Å². The average molecular weight is 544 g/mol. The molecule has 3 aromatic rings. The Kier molecular flexibility index (Phi) is 6.91. The quantitative estimate of drug-likeness (QED) is 0.454. The monoisotopic (exact) mass is 543 g/mol. The third-order valence-electron chi connectivity index (χ3n) is 7.01. The first-order chi connectivity index (χ1) is 18.6. The summed E-state index contributed by atoms with van der Waals surface area (Å²) >= 11 is 7.58. The van der Waals surface area contributed by atoms with E-state index in [-0.39, 0.29) is 18.2 Å². The van der Waals surface area contributed by atoms with Crippen molar-refractivity contribution in [2.24, 2.45) is 9.98 Å². The Balaban J connectivity index is 1.18. The van der Waals surface area contributed by atoms with Gasteiger partial charge in [0.15, 0.2) is 5.17 Å². The van der Waals surface area contributed by atoms with E-state index < -0.39 is 6.04 Å². The molecule has 3 aromatic carbocycles. The van der Waals surface area contributed by atoms with Crippen molar-refractivity contribution in [1.29, 1.82) is 0 Å². The molecule has 0 saturated carbocycles. The summed E-state index contributed by atoms with van der Waals surface area (Å²) in [5.41, 5.74) is 3.84. The summed E-state index contributed by atoms with van der Waals surface area (Å²) in [7, 11) is 0. The molecule has 0 bridgehead atoms. The number of benzene rings is 3. The van der Waals surface area contributed by atoms with Gasteiger partial charge in [-0.3, -0.25) is 14.5 Å². The lowest BCUT2D eigenvalue weighted by molar-refractivity contribution is -0.134. The highest BCUT2D eigenvalue weighted by Crippen LogP contribution is 2.36. The predicted molar refractivity (Wildman–Crippen MR) is 153 cm³/mol. The summed E-state index contributed by atoms with van der Waals surface area (Å²) in [6.07, 6.45) is 0.0693. The number of anilines is 1. The van der Waals surface area contributed by atoms with E-state index in [2.05, 4.69) is 22.0 Å². The molecule has 9 heteroatoms. The maximum Gasteiger partial charge on any atom is 0.271 e. The molecule has 0 aliphatic carbocycles. The Morgan fingerprint density at radius 2 is 1.61 bits per heavy atom. The number of hydrogen-bond acceptors (Lipinski definition) is 6. The third kappa shape index (κ3) is 4.93. The van der Waals surface area contributed by atoms with Gasteiger partial charge in [-0.1, -0.05) is 65.8 Å². The maximum atomic E-state index is 13.4. The van der Waals surface area contributed by atoms with E-state index in [9.17, 15) is 9.59 Å². The molecular formula is C29H26ClN5O2S. The molecule has 3 heterocycles. The van der Waals surface area contributed by atoms with Crippen LogP contribution in [0.2, 0.25) is 5.02 Å². The van der Waals surface area contributed by atoms with Crippen molar-refractivity contribution in [3.63, 3.8) is 0 Å². The number of halogens is 1. The molecule has 1 unspecified atom stereocenters. The van der Waals surface area contributed by atoms with Gasteiger partial charge in [-0.25, -0.2) is 4.99 Å². The molecule has 3 aliphatic heterocycles. The second kappa shape index (κ2) is 10.6. The molecule has 0 N–H and O–H groups in total. The Morgan fingerprint density at radius 3 is 2.37 bits per heavy atom. The van der Waals surface area contributed by atoms with Gasteiger partial charge in [-0.2, -0.15) is 4.99 Å². The molecule has 3 aliphatic rings. The van der Waals surface area contributed by atoms with Gasteiger partial charge in [0.2, 0.25) is 5.91 Å². The second-order valence-electron chi connectivity index (χ2n) is 9.39. The van der Waals surface area contributed by atoms with Crippen LogP contribution < -0.4 is 4.90 Å². The zero-order valence-electron chi connectivity index (χ0n) is 20.7. The number of hydrogen-bond donors (Lipinski definition) is 0. The highest BCUT2D eigenvalue weighted by atomic mass is 35.5. The van der Waals surface area contributed by atoms with Crippen LogP contribution in [0.3, 0.4) is 0 Å². The van der Waals surface area contributed by atoms with E-state index in [1.165, 1.54) is 11.8 Å². The zero-order chi connectivity index (χ0) is 26.1.